The second-order valence-corrected chi connectivity index (χ2v) is 5.79. The Kier molecular flexibility index (Phi) is 5.95. The number of rotatable bonds is 5. The molecule has 2 aromatic carbocycles. The van der Waals surface area contributed by atoms with Crippen molar-refractivity contribution < 1.29 is 14.3 Å². The maximum atomic E-state index is 12.2. The molecule has 1 unspecified atom stereocenters. The molecule has 0 bridgehead atoms. The van der Waals surface area contributed by atoms with E-state index in [2.05, 4.69) is 10.6 Å². The Labute approximate surface area is 142 Å². The lowest BCUT2D eigenvalue weighted by molar-refractivity contribution is -0.117. The van der Waals surface area contributed by atoms with Crippen LogP contribution in [0, 0.1) is 13.8 Å². The molecule has 2 amide bonds. The van der Waals surface area contributed by atoms with E-state index >= 15 is 0 Å². The predicted octanol–water partition coefficient (Wildman–Crippen LogP) is 3.56. The molecule has 0 heterocycles. The van der Waals surface area contributed by atoms with E-state index in [1.54, 1.807) is 6.92 Å². The Hall–Kier alpha value is -2.82. The third kappa shape index (κ3) is 5.43. The fraction of sp³-hybridized carbons (Fsp3) is 0.263. The topological polar surface area (TPSA) is 67.4 Å². The second kappa shape index (κ2) is 8.15. The van der Waals surface area contributed by atoms with Gasteiger partial charge in [0, 0.05) is 5.69 Å². The van der Waals surface area contributed by atoms with Gasteiger partial charge in [0.2, 0.25) is 5.91 Å². The van der Waals surface area contributed by atoms with Crippen molar-refractivity contribution in [3.8, 4) is 0 Å². The smallest absolute Gasteiger partial charge is 0.408 e. The summed E-state index contributed by atoms with van der Waals surface area (Å²) in [5.41, 5.74) is 3.73. The number of alkyl carbamates (subject to hydrolysis) is 1. The molecule has 5 heteroatoms. The summed E-state index contributed by atoms with van der Waals surface area (Å²) >= 11 is 0. The van der Waals surface area contributed by atoms with Gasteiger partial charge < -0.3 is 15.4 Å². The molecule has 0 saturated heterocycles. The molecule has 5 nitrogen and oxygen atoms in total. The van der Waals surface area contributed by atoms with Gasteiger partial charge in [0.15, 0.2) is 0 Å². The molecule has 2 aromatic rings. The molecule has 0 aliphatic rings. The number of hydrogen-bond donors (Lipinski definition) is 2. The summed E-state index contributed by atoms with van der Waals surface area (Å²) < 4.78 is 5.11. The summed E-state index contributed by atoms with van der Waals surface area (Å²) in [5, 5.41) is 5.32. The van der Waals surface area contributed by atoms with Crippen LogP contribution in [-0.2, 0) is 16.1 Å². The molecule has 2 rings (SSSR count). The first-order valence-corrected chi connectivity index (χ1v) is 7.80. The highest BCUT2D eigenvalue weighted by Gasteiger charge is 2.16. The summed E-state index contributed by atoms with van der Waals surface area (Å²) in [7, 11) is 0. The Morgan fingerprint density at radius 2 is 1.67 bits per heavy atom. The minimum Gasteiger partial charge on any atom is -0.445 e. The molecule has 1 atom stereocenters. The molecule has 0 saturated carbocycles. The molecule has 0 spiro atoms. The highest BCUT2D eigenvalue weighted by Crippen LogP contribution is 2.14. The number of amides is 2. The van der Waals surface area contributed by atoms with E-state index in [4.69, 9.17) is 4.74 Å². The van der Waals surface area contributed by atoms with Crippen molar-refractivity contribution in [3.63, 3.8) is 0 Å². The van der Waals surface area contributed by atoms with Crippen molar-refractivity contribution in [1.82, 2.24) is 5.32 Å². The van der Waals surface area contributed by atoms with E-state index < -0.39 is 12.1 Å². The normalized spacial score (nSPS) is 11.5. The van der Waals surface area contributed by atoms with Crippen LogP contribution in [0.15, 0.2) is 48.5 Å². The molecule has 0 aliphatic heterocycles. The van der Waals surface area contributed by atoms with E-state index in [0.717, 1.165) is 16.7 Å². The number of ether oxygens (including phenoxy) is 1. The maximum Gasteiger partial charge on any atom is 0.408 e. The van der Waals surface area contributed by atoms with E-state index in [9.17, 15) is 9.59 Å². The lowest BCUT2D eigenvalue weighted by atomic mass is 10.1. The quantitative estimate of drug-likeness (QED) is 0.883. The zero-order chi connectivity index (χ0) is 17.5. The van der Waals surface area contributed by atoms with Crippen LogP contribution < -0.4 is 10.6 Å². The van der Waals surface area contributed by atoms with Crippen molar-refractivity contribution in [3.05, 3.63) is 65.2 Å². The lowest BCUT2D eigenvalue weighted by Crippen LogP contribution is -2.41. The summed E-state index contributed by atoms with van der Waals surface area (Å²) in [5.74, 6) is -0.295. The molecule has 0 aromatic heterocycles. The minimum absolute atomic E-state index is 0.165. The molecule has 24 heavy (non-hydrogen) atoms. The number of carbonyl (C=O) groups is 2. The van der Waals surface area contributed by atoms with Crippen LogP contribution >= 0.6 is 0 Å². The van der Waals surface area contributed by atoms with Crippen LogP contribution in [0.3, 0.4) is 0 Å². The first-order valence-electron chi connectivity index (χ1n) is 7.80. The second-order valence-electron chi connectivity index (χ2n) is 5.79. The van der Waals surface area contributed by atoms with Gasteiger partial charge in [-0.15, -0.1) is 0 Å². The van der Waals surface area contributed by atoms with Gasteiger partial charge in [-0.05, 0) is 49.6 Å². The van der Waals surface area contributed by atoms with Crippen molar-refractivity contribution >= 4 is 17.7 Å². The number of benzene rings is 2. The molecular weight excluding hydrogens is 304 g/mol. The van der Waals surface area contributed by atoms with Gasteiger partial charge in [-0.2, -0.15) is 0 Å². The van der Waals surface area contributed by atoms with E-state index in [0.29, 0.717) is 5.69 Å². The van der Waals surface area contributed by atoms with E-state index in [1.807, 2.05) is 62.4 Å². The van der Waals surface area contributed by atoms with Gasteiger partial charge in [0.25, 0.3) is 0 Å². The third-order valence-corrected chi connectivity index (χ3v) is 3.43. The summed E-state index contributed by atoms with van der Waals surface area (Å²) in [6.45, 7) is 5.70. The zero-order valence-electron chi connectivity index (χ0n) is 14.1. The highest BCUT2D eigenvalue weighted by atomic mass is 16.5. The van der Waals surface area contributed by atoms with Crippen LogP contribution in [0.1, 0.15) is 23.6 Å². The van der Waals surface area contributed by atoms with Gasteiger partial charge in [-0.3, -0.25) is 4.79 Å². The molecule has 0 fully saturated rings. The van der Waals surface area contributed by atoms with Crippen LogP contribution in [0.4, 0.5) is 10.5 Å². The summed E-state index contributed by atoms with van der Waals surface area (Å²) in [6.07, 6.45) is -0.623. The fourth-order valence-corrected chi connectivity index (χ4v) is 2.30. The van der Waals surface area contributed by atoms with Crippen LogP contribution in [0.5, 0.6) is 0 Å². The molecule has 0 aliphatic carbocycles. The Bertz CT molecular complexity index is 694. The van der Waals surface area contributed by atoms with Gasteiger partial charge in [0.05, 0.1) is 0 Å². The summed E-state index contributed by atoms with van der Waals surface area (Å²) in [6, 6.07) is 14.5. The SMILES string of the molecule is Cc1cc(C)cc(NC(=O)C(C)NC(=O)OCc2ccccc2)c1. The lowest BCUT2D eigenvalue weighted by Gasteiger charge is -2.15. The zero-order valence-corrected chi connectivity index (χ0v) is 14.1. The summed E-state index contributed by atoms with van der Waals surface area (Å²) in [4.78, 5) is 23.9. The van der Waals surface area contributed by atoms with Crippen molar-refractivity contribution in [2.45, 2.75) is 33.4 Å². The first-order chi connectivity index (χ1) is 11.4. The number of nitrogens with one attached hydrogen (secondary N) is 2. The van der Waals surface area contributed by atoms with Crippen LogP contribution in [0.2, 0.25) is 0 Å². The van der Waals surface area contributed by atoms with Crippen molar-refractivity contribution in [2.24, 2.45) is 0 Å². The molecule has 2 N–H and O–H groups in total. The number of hydrogen-bond acceptors (Lipinski definition) is 3. The van der Waals surface area contributed by atoms with Gasteiger partial charge in [-0.1, -0.05) is 36.4 Å². The van der Waals surface area contributed by atoms with Crippen molar-refractivity contribution in [1.29, 1.82) is 0 Å². The van der Waals surface area contributed by atoms with Gasteiger partial charge in [0.1, 0.15) is 12.6 Å². The standard InChI is InChI=1S/C19H22N2O3/c1-13-9-14(2)11-17(10-13)21-18(22)15(3)20-19(23)24-12-16-7-5-4-6-8-16/h4-11,15H,12H2,1-3H3,(H,20,23)(H,21,22). The van der Waals surface area contributed by atoms with Crippen LogP contribution in [-0.4, -0.2) is 18.0 Å². The third-order valence-electron chi connectivity index (χ3n) is 3.43. The number of anilines is 1. The number of aryl methyl sites for hydroxylation is 2. The fourth-order valence-electron chi connectivity index (χ4n) is 2.30. The van der Waals surface area contributed by atoms with E-state index in [-0.39, 0.29) is 12.5 Å². The first kappa shape index (κ1) is 17.5. The molecule has 0 radical (unpaired) electrons. The average molecular weight is 326 g/mol. The Morgan fingerprint density at radius 1 is 1.04 bits per heavy atom. The predicted molar refractivity (Wildman–Crippen MR) is 93.8 cm³/mol. The monoisotopic (exact) mass is 326 g/mol. The molecule has 126 valence electrons. The average Bonchev–Trinajstić information content (AvgIpc) is 2.53. The van der Waals surface area contributed by atoms with E-state index in [1.165, 1.54) is 0 Å². The maximum absolute atomic E-state index is 12.2. The number of carbonyl (C=O) groups excluding carboxylic acids is 2. The Morgan fingerprint density at radius 3 is 2.29 bits per heavy atom. The van der Waals surface area contributed by atoms with Gasteiger partial charge >= 0.3 is 6.09 Å². The largest absolute Gasteiger partial charge is 0.445 e. The minimum atomic E-state index is -0.700. The van der Waals surface area contributed by atoms with Gasteiger partial charge in [-0.25, -0.2) is 4.79 Å². The van der Waals surface area contributed by atoms with Crippen LogP contribution in [0.25, 0.3) is 0 Å². The molecular formula is C19H22N2O3. The highest BCUT2D eigenvalue weighted by molar-refractivity contribution is 5.96. The Balaban J connectivity index is 1.83. The van der Waals surface area contributed by atoms with Crippen molar-refractivity contribution in [2.75, 3.05) is 5.32 Å².